The summed E-state index contributed by atoms with van der Waals surface area (Å²) in [4.78, 5) is 25.6. The lowest BCUT2D eigenvalue weighted by Crippen LogP contribution is -2.53. The number of halogens is 1. The third-order valence-corrected chi connectivity index (χ3v) is 7.31. The van der Waals surface area contributed by atoms with Gasteiger partial charge in [-0.05, 0) is 42.3 Å². The van der Waals surface area contributed by atoms with Crippen LogP contribution in [0.25, 0.3) is 15.9 Å². The summed E-state index contributed by atoms with van der Waals surface area (Å²) in [5.74, 6) is 0.231. The van der Waals surface area contributed by atoms with Crippen molar-refractivity contribution in [1.29, 1.82) is 5.26 Å². The number of aryl methyl sites for hydroxylation is 1. The first-order valence-corrected chi connectivity index (χ1v) is 12.4. The van der Waals surface area contributed by atoms with E-state index in [4.69, 9.17) is 18.2 Å². The average molecular weight is 509 g/mol. The van der Waals surface area contributed by atoms with E-state index in [0.717, 1.165) is 5.56 Å². The van der Waals surface area contributed by atoms with Gasteiger partial charge in [-0.15, -0.1) is 4.98 Å². The van der Waals surface area contributed by atoms with Crippen LogP contribution in [-0.2, 0) is 7.05 Å². The normalized spacial score (nSPS) is 16.8. The molecule has 2 aromatic heterocycles. The number of benzene rings is 2. The van der Waals surface area contributed by atoms with Crippen LogP contribution in [0.3, 0.4) is 0 Å². The standard InChI is InChI=1S/C29H25ClN6O/c1-19-18-35(28-23(17-31)29(37)34(3)24-13-14-25(32-2)33-26(24)28)15-16-36(19)27(20-7-5-4-6-8-20)21-9-11-22(30)12-10-21/h4-14,19,27H,15-16,18H2,1,3H3/t19-,27?/m1/s1. The Morgan fingerprint density at radius 2 is 1.78 bits per heavy atom. The highest BCUT2D eigenvalue weighted by atomic mass is 35.5. The molecule has 37 heavy (non-hydrogen) atoms. The maximum absolute atomic E-state index is 13.1. The van der Waals surface area contributed by atoms with Crippen LogP contribution in [0.4, 0.5) is 11.5 Å². The van der Waals surface area contributed by atoms with Gasteiger partial charge in [0.05, 0.1) is 11.6 Å². The lowest BCUT2D eigenvalue weighted by atomic mass is 9.94. The molecule has 7 nitrogen and oxygen atoms in total. The van der Waals surface area contributed by atoms with Gasteiger partial charge in [0.25, 0.3) is 11.4 Å². The minimum absolute atomic E-state index is 0.0262. The van der Waals surface area contributed by atoms with Gasteiger partial charge in [0.1, 0.15) is 17.3 Å². The van der Waals surface area contributed by atoms with Gasteiger partial charge in [-0.1, -0.05) is 60.6 Å². The third kappa shape index (κ3) is 4.44. The zero-order valence-corrected chi connectivity index (χ0v) is 21.4. The Labute approximate surface area is 220 Å². The minimum Gasteiger partial charge on any atom is -0.364 e. The summed E-state index contributed by atoms with van der Waals surface area (Å²) in [6.45, 7) is 11.5. The quantitative estimate of drug-likeness (QED) is 0.349. The molecule has 2 atom stereocenters. The fourth-order valence-electron chi connectivity index (χ4n) is 5.27. The van der Waals surface area contributed by atoms with Crippen LogP contribution in [0.15, 0.2) is 71.5 Å². The molecule has 1 aliphatic rings. The lowest BCUT2D eigenvalue weighted by Gasteiger charge is -2.45. The van der Waals surface area contributed by atoms with Crippen LogP contribution in [0.1, 0.15) is 29.7 Å². The number of piperazine rings is 1. The van der Waals surface area contributed by atoms with E-state index in [9.17, 15) is 10.1 Å². The summed E-state index contributed by atoms with van der Waals surface area (Å²) in [6, 6.07) is 23.9. The Morgan fingerprint density at radius 1 is 1.08 bits per heavy atom. The van der Waals surface area contributed by atoms with Gasteiger partial charge in [-0.2, -0.15) is 5.26 Å². The molecule has 0 spiro atoms. The van der Waals surface area contributed by atoms with Crippen LogP contribution < -0.4 is 10.5 Å². The minimum atomic E-state index is -0.360. The maximum atomic E-state index is 13.1. The van der Waals surface area contributed by atoms with Gasteiger partial charge in [0.2, 0.25) is 5.52 Å². The van der Waals surface area contributed by atoms with E-state index in [1.54, 1.807) is 19.2 Å². The highest BCUT2D eigenvalue weighted by Crippen LogP contribution is 2.35. The van der Waals surface area contributed by atoms with Crippen molar-refractivity contribution in [3.8, 4) is 6.07 Å². The number of fused-ring (bicyclic) bond motifs is 1. The monoisotopic (exact) mass is 508 g/mol. The van der Waals surface area contributed by atoms with Gasteiger partial charge in [0, 0.05) is 37.7 Å². The molecule has 1 unspecified atom stereocenters. The topological polar surface area (TPSA) is 69.5 Å². The summed E-state index contributed by atoms with van der Waals surface area (Å²) in [7, 11) is 1.63. The number of rotatable bonds is 4. The van der Waals surface area contributed by atoms with E-state index < -0.39 is 0 Å². The van der Waals surface area contributed by atoms with Gasteiger partial charge in [-0.25, -0.2) is 0 Å². The highest BCUT2D eigenvalue weighted by Gasteiger charge is 2.34. The van der Waals surface area contributed by atoms with Crippen molar-refractivity contribution in [2.75, 3.05) is 24.5 Å². The first-order chi connectivity index (χ1) is 17.9. The molecule has 3 heterocycles. The summed E-state index contributed by atoms with van der Waals surface area (Å²) in [5.41, 5.74) is 3.65. The molecule has 5 rings (SSSR count). The fraction of sp³-hybridized carbons (Fsp3) is 0.241. The SMILES string of the molecule is [C-]#[N+]c1ccc2c(n1)c(N1CCN(C(c3ccccc3)c3ccc(Cl)cc3)[C@H](C)C1)c(C#N)c(=O)n2C. The number of anilines is 1. The molecule has 0 bridgehead atoms. The van der Waals surface area contributed by atoms with E-state index in [0.29, 0.717) is 41.4 Å². The molecular formula is C29H25ClN6O. The Bertz CT molecular complexity index is 1600. The second-order valence-electron chi connectivity index (χ2n) is 9.25. The average Bonchev–Trinajstić information content (AvgIpc) is 2.93. The largest absolute Gasteiger partial charge is 0.364 e. The second-order valence-corrected chi connectivity index (χ2v) is 9.68. The van der Waals surface area contributed by atoms with Crippen molar-refractivity contribution in [3.63, 3.8) is 0 Å². The lowest BCUT2D eigenvalue weighted by molar-refractivity contribution is 0.150. The maximum Gasteiger partial charge on any atom is 0.271 e. The molecule has 1 fully saturated rings. The first-order valence-electron chi connectivity index (χ1n) is 12.0. The Morgan fingerprint density at radius 3 is 2.43 bits per heavy atom. The molecule has 0 aliphatic carbocycles. The van der Waals surface area contributed by atoms with E-state index in [1.807, 2.05) is 30.3 Å². The van der Waals surface area contributed by atoms with Crippen LogP contribution in [0.2, 0.25) is 5.02 Å². The molecule has 0 radical (unpaired) electrons. The number of aromatic nitrogens is 2. The van der Waals surface area contributed by atoms with Gasteiger partial charge in [-0.3, -0.25) is 9.69 Å². The molecule has 184 valence electrons. The predicted molar refractivity (Wildman–Crippen MR) is 146 cm³/mol. The molecule has 4 aromatic rings. The van der Waals surface area contributed by atoms with Crippen LogP contribution in [-0.4, -0.2) is 40.1 Å². The molecule has 0 amide bonds. The second kappa shape index (κ2) is 10.1. The molecular weight excluding hydrogens is 484 g/mol. The number of pyridine rings is 2. The van der Waals surface area contributed by atoms with Crippen molar-refractivity contribution in [1.82, 2.24) is 14.5 Å². The fourth-order valence-corrected chi connectivity index (χ4v) is 5.39. The van der Waals surface area contributed by atoms with Crippen molar-refractivity contribution >= 4 is 34.1 Å². The van der Waals surface area contributed by atoms with Gasteiger partial charge >= 0.3 is 0 Å². The molecule has 0 saturated carbocycles. The zero-order chi connectivity index (χ0) is 26.1. The molecule has 2 aromatic carbocycles. The van der Waals surface area contributed by atoms with Crippen molar-refractivity contribution in [2.24, 2.45) is 7.05 Å². The first kappa shape index (κ1) is 24.5. The molecule has 8 heteroatoms. The molecule has 0 N–H and O–H groups in total. The van der Waals surface area contributed by atoms with Crippen molar-refractivity contribution in [3.05, 3.63) is 110 Å². The Hall–Kier alpha value is -4.17. The summed E-state index contributed by atoms with van der Waals surface area (Å²) in [5, 5.41) is 10.7. The van der Waals surface area contributed by atoms with E-state index in [2.05, 4.69) is 56.9 Å². The predicted octanol–water partition coefficient (Wildman–Crippen LogP) is 5.31. The number of hydrogen-bond donors (Lipinski definition) is 0. The summed E-state index contributed by atoms with van der Waals surface area (Å²) >= 11 is 6.19. The van der Waals surface area contributed by atoms with Crippen LogP contribution in [0.5, 0.6) is 0 Å². The summed E-state index contributed by atoms with van der Waals surface area (Å²) < 4.78 is 1.43. The Kier molecular flexibility index (Phi) is 6.67. The van der Waals surface area contributed by atoms with Crippen molar-refractivity contribution < 1.29 is 0 Å². The third-order valence-electron chi connectivity index (χ3n) is 7.05. The highest BCUT2D eigenvalue weighted by molar-refractivity contribution is 6.30. The smallest absolute Gasteiger partial charge is 0.271 e. The Balaban J connectivity index is 1.56. The van der Waals surface area contributed by atoms with Crippen molar-refractivity contribution in [2.45, 2.75) is 19.0 Å². The van der Waals surface area contributed by atoms with E-state index >= 15 is 0 Å². The molecule has 1 saturated heterocycles. The molecule has 1 aliphatic heterocycles. The van der Waals surface area contributed by atoms with Crippen LogP contribution in [0, 0.1) is 17.9 Å². The van der Waals surface area contributed by atoms with Gasteiger partial charge in [0.15, 0.2) is 0 Å². The van der Waals surface area contributed by atoms with Gasteiger partial charge < -0.3 is 14.3 Å². The number of hydrogen-bond acceptors (Lipinski definition) is 5. The zero-order valence-electron chi connectivity index (χ0n) is 20.6. The van der Waals surface area contributed by atoms with E-state index in [-0.39, 0.29) is 29.0 Å². The van der Waals surface area contributed by atoms with E-state index in [1.165, 1.54) is 10.1 Å². The summed E-state index contributed by atoms with van der Waals surface area (Å²) in [6.07, 6.45) is 0. The number of nitriles is 1. The number of nitrogens with zero attached hydrogens (tertiary/aromatic N) is 6. The van der Waals surface area contributed by atoms with Crippen LogP contribution >= 0.6 is 11.6 Å².